The molecule has 3 aromatic rings. The van der Waals surface area contributed by atoms with Crippen molar-refractivity contribution in [2.24, 2.45) is 0 Å². The summed E-state index contributed by atoms with van der Waals surface area (Å²) < 4.78 is 32.8. The zero-order valence-corrected chi connectivity index (χ0v) is 16.7. The lowest BCUT2D eigenvalue weighted by molar-refractivity contribution is -0.123. The molecule has 7 heteroatoms. The van der Waals surface area contributed by atoms with Gasteiger partial charge in [0.05, 0.1) is 10.9 Å². The molecule has 0 heterocycles. The monoisotopic (exact) mass is 410 g/mol. The molecule has 3 rings (SSSR count). The number of rotatable bonds is 8. The smallest absolute Gasteiger partial charge is 0.261 e. The second-order valence-electron chi connectivity index (χ2n) is 6.43. The third-order valence-electron chi connectivity index (χ3n) is 4.21. The van der Waals surface area contributed by atoms with Crippen LogP contribution in [0.4, 0.5) is 5.69 Å². The van der Waals surface area contributed by atoms with Gasteiger partial charge in [-0.05, 0) is 48.9 Å². The van der Waals surface area contributed by atoms with E-state index in [-0.39, 0.29) is 23.5 Å². The molecule has 6 nitrogen and oxygen atoms in total. The second kappa shape index (κ2) is 9.25. The highest BCUT2D eigenvalue weighted by Gasteiger charge is 2.14. The summed E-state index contributed by atoms with van der Waals surface area (Å²) in [4.78, 5) is 12.2. The summed E-state index contributed by atoms with van der Waals surface area (Å²) in [7, 11) is -3.69. The molecule has 1 atom stereocenters. The van der Waals surface area contributed by atoms with Crippen molar-refractivity contribution in [3.63, 3.8) is 0 Å². The number of ether oxygens (including phenoxy) is 1. The van der Waals surface area contributed by atoms with E-state index in [1.807, 2.05) is 37.3 Å². The third-order valence-corrected chi connectivity index (χ3v) is 5.60. The van der Waals surface area contributed by atoms with E-state index in [0.29, 0.717) is 11.4 Å². The minimum atomic E-state index is -3.69. The van der Waals surface area contributed by atoms with Gasteiger partial charge in [0.15, 0.2) is 6.61 Å². The highest BCUT2D eigenvalue weighted by Crippen LogP contribution is 2.19. The first-order valence-corrected chi connectivity index (χ1v) is 10.6. The van der Waals surface area contributed by atoms with Crippen molar-refractivity contribution in [1.29, 1.82) is 0 Å². The molecule has 0 aromatic heterocycles. The van der Waals surface area contributed by atoms with Gasteiger partial charge in [-0.1, -0.05) is 48.5 Å². The van der Waals surface area contributed by atoms with Crippen molar-refractivity contribution >= 4 is 21.6 Å². The first-order chi connectivity index (χ1) is 13.9. The molecule has 0 aliphatic heterocycles. The Bertz CT molecular complexity index is 1040. The minimum Gasteiger partial charge on any atom is -0.484 e. The molecular formula is C22H22N2O4S. The number of benzene rings is 3. The average molecular weight is 410 g/mol. The van der Waals surface area contributed by atoms with Gasteiger partial charge in [-0.2, -0.15) is 0 Å². The molecule has 0 saturated heterocycles. The van der Waals surface area contributed by atoms with E-state index in [2.05, 4.69) is 10.0 Å². The van der Waals surface area contributed by atoms with E-state index >= 15 is 0 Å². The molecule has 1 amide bonds. The van der Waals surface area contributed by atoms with Crippen molar-refractivity contribution in [3.05, 3.63) is 90.5 Å². The Morgan fingerprint density at radius 1 is 0.897 bits per heavy atom. The fourth-order valence-electron chi connectivity index (χ4n) is 2.69. The van der Waals surface area contributed by atoms with Gasteiger partial charge in [0.1, 0.15) is 5.75 Å². The molecule has 0 spiro atoms. The predicted octanol–water partition coefficient (Wildman–Crippen LogP) is 3.74. The van der Waals surface area contributed by atoms with Crippen molar-refractivity contribution < 1.29 is 17.9 Å². The van der Waals surface area contributed by atoms with Gasteiger partial charge in [-0.3, -0.25) is 9.52 Å². The number of carbonyl (C=O) groups excluding carboxylic acids is 1. The van der Waals surface area contributed by atoms with Crippen LogP contribution in [0.25, 0.3) is 0 Å². The van der Waals surface area contributed by atoms with Crippen molar-refractivity contribution in [2.45, 2.75) is 17.9 Å². The number of hydrogen-bond donors (Lipinski definition) is 2. The van der Waals surface area contributed by atoms with Crippen LogP contribution in [0.2, 0.25) is 0 Å². The van der Waals surface area contributed by atoms with Gasteiger partial charge in [-0.15, -0.1) is 0 Å². The Morgan fingerprint density at radius 2 is 1.48 bits per heavy atom. The van der Waals surface area contributed by atoms with Gasteiger partial charge >= 0.3 is 0 Å². The molecule has 1 unspecified atom stereocenters. The summed E-state index contributed by atoms with van der Waals surface area (Å²) >= 11 is 0. The number of para-hydroxylation sites is 1. The maximum atomic E-state index is 12.4. The van der Waals surface area contributed by atoms with Crippen LogP contribution < -0.4 is 14.8 Å². The van der Waals surface area contributed by atoms with Gasteiger partial charge < -0.3 is 10.1 Å². The Balaban J connectivity index is 1.54. The number of sulfonamides is 1. The number of amides is 1. The van der Waals surface area contributed by atoms with E-state index < -0.39 is 10.0 Å². The minimum absolute atomic E-state index is 0.107. The SMILES string of the molecule is CC(NC(=O)COc1ccc(S(=O)(=O)Nc2ccccc2)cc1)c1ccccc1. The molecule has 0 bridgehead atoms. The number of hydrogen-bond acceptors (Lipinski definition) is 4. The average Bonchev–Trinajstić information content (AvgIpc) is 2.73. The maximum absolute atomic E-state index is 12.4. The summed E-state index contributed by atoms with van der Waals surface area (Å²) in [6.45, 7) is 1.73. The van der Waals surface area contributed by atoms with Crippen LogP contribution in [0.5, 0.6) is 5.75 Å². The van der Waals surface area contributed by atoms with Crippen LogP contribution in [-0.2, 0) is 14.8 Å². The van der Waals surface area contributed by atoms with E-state index in [1.54, 1.807) is 30.3 Å². The van der Waals surface area contributed by atoms with Crippen molar-refractivity contribution in [2.75, 3.05) is 11.3 Å². The third kappa shape index (κ3) is 5.83. The van der Waals surface area contributed by atoms with Gasteiger partial charge in [0.25, 0.3) is 15.9 Å². The Kier molecular flexibility index (Phi) is 6.51. The maximum Gasteiger partial charge on any atom is 0.261 e. The van der Waals surface area contributed by atoms with Crippen LogP contribution in [0.3, 0.4) is 0 Å². The highest BCUT2D eigenvalue weighted by atomic mass is 32.2. The fourth-order valence-corrected chi connectivity index (χ4v) is 3.75. The molecule has 0 aliphatic rings. The van der Waals surface area contributed by atoms with Crippen LogP contribution in [0.15, 0.2) is 89.8 Å². The Labute approximate surface area is 170 Å². The molecule has 3 aromatic carbocycles. The second-order valence-corrected chi connectivity index (χ2v) is 8.11. The lowest BCUT2D eigenvalue weighted by atomic mass is 10.1. The van der Waals surface area contributed by atoms with E-state index in [4.69, 9.17) is 4.74 Å². The van der Waals surface area contributed by atoms with Crippen LogP contribution in [-0.4, -0.2) is 20.9 Å². The standard InChI is InChI=1S/C22H22N2O4S/c1-17(18-8-4-2-5-9-18)23-22(25)16-28-20-12-14-21(15-13-20)29(26,27)24-19-10-6-3-7-11-19/h2-15,17,24H,16H2,1H3,(H,23,25). The molecule has 2 N–H and O–H groups in total. The molecule has 150 valence electrons. The Hall–Kier alpha value is -3.32. The topological polar surface area (TPSA) is 84.5 Å². The number of anilines is 1. The lowest BCUT2D eigenvalue weighted by Gasteiger charge is -2.14. The normalized spacial score (nSPS) is 12.0. The largest absolute Gasteiger partial charge is 0.484 e. The zero-order chi connectivity index (χ0) is 20.7. The summed E-state index contributed by atoms with van der Waals surface area (Å²) in [6, 6.07) is 24.0. The van der Waals surface area contributed by atoms with E-state index in [1.165, 1.54) is 24.3 Å². The molecule has 0 aliphatic carbocycles. The molecule has 0 fully saturated rings. The molecular weight excluding hydrogens is 388 g/mol. The van der Waals surface area contributed by atoms with Gasteiger partial charge in [0.2, 0.25) is 0 Å². The molecule has 29 heavy (non-hydrogen) atoms. The predicted molar refractivity (Wildman–Crippen MR) is 112 cm³/mol. The molecule has 0 radical (unpaired) electrons. The summed E-state index contributed by atoms with van der Waals surface area (Å²) in [5.41, 5.74) is 1.48. The van der Waals surface area contributed by atoms with E-state index in [9.17, 15) is 13.2 Å². The quantitative estimate of drug-likeness (QED) is 0.592. The number of nitrogens with one attached hydrogen (secondary N) is 2. The van der Waals surface area contributed by atoms with Gasteiger partial charge in [0, 0.05) is 5.69 Å². The highest BCUT2D eigenvalue weighted by molar-refractivity contribution is 7.92. The summed E-state index contributed by atoms with van der Waals surface area (Å²) in [5.74, 6) is 0.148. The fraction of sp³-hybridized carbons (Fsp3) is 0.136. The van der Waals surface area contributed by atoms with Gasteiger partial charge in [-0.25, -0.2) is 8.42 Å². The van der Waals surface area contributed by atoms with E-state index in [0.717, 1.165) is 5.56 Å². The first-order valence-electron chi connectivity index (χ1n) is 9.09. The van der Waals surface area contributed by atoms with Crippen LogP contribution in [0.1, 0.15) is 18.5 Å². The zero-order valence-electron chi connectivity index (χ0n) is 15.9. The van der Waals surface area contributed by atoms with Crippen molar-refractivity contribution in [3.8, 4) is 5.75 Å². The summed E-state index contributed by atoms with van der Waals surface area (Å²) in [5, 5.41) is 2.86. The number of carbonyl (C=O) groups is 1. The first kappa shape index (κ1) is 20.4. The molecule has 0 saturated carbocycles. The lowest BCUT2D eigenvalue weighted by Crippen LogP contribution is -2.31. The van der Waals surface area contributed by atoms with Crippen LogP contribution in [0, 0.1) is 0 Å². The van der Waals surface area contributed by atoms with Crippen LogP contribution >= 0.6 is 0 Å². The Morgan fingerprint density at radius 3 is 2.10 bits per heavy atom. The summed E-state index contributed by atoms with van der Waals surface area (Å²) in [6.07, 6.45) is 0. The van der Waals surface area contributed by atoms with Crippen molar-refractivity contribution in [1.82, 2.24) is 5.32 Å².